The Kier molecular flexibility index (Phi) is 5.42. The average molecular weight is 308 g/mol. The van der Waals surface area contributed by atoms with Gasteiger partial charge in [-0.3, -0.25) is 0 Å². The van der Waals surface area contributed by atoms with E-state index in [0.717, 1.165) is 5.69 Å². The van der Waals surface area contributed by atoms with Gasteiger partial charge in [0.2, 0.25) is 10.0 Å². The summed E-state index contributed by atoms with van der Waals surface area (Å²) in [6.45, 7) is 1.64. The third-order valence-electron chi connectivity index (χ3n) is 2.90. The van der Waals surface area contributed by atoms with Crippen molar-refractivity contribution >= 4 is 33.8 Å². The normalized spacial score (nSPS) is 16.7. The third-order valence-corrected chi connectivity index (χ3v) is 4.79. The van der Waals surface area contributed by atoms with E-state index in [1.807, 2.05) is 0 Å². The van der Waals surface area contributed by atoms with E-state index in [4.69, 9.17) is 10.5 Å². The zero-order valence-electron chi connectivity index (χ0n) is 10.6. The minimum atomic E-state index is -3.46. The number of nitrogens with one attached hydrogen (secondary N) is 1. The van der Waals surface area contributed by atoms with Crippen molar-refractivity contribution in [1.82, 2.24) is 4.31 Å². The second-order valence-corrected chi connectivity index (χ2v) is 5.95. The number of nitrogen functional groups attached to an aromatic ring is 1. The van der Waals surface area contributed by atoms with Crippen LogP contribution in [0.4, 0.5) is 11.4 Å². The number of rotatable bonds is 3. The molecule has 0 spiro atoms. The summed E-state index contributed by atoms with van der Waals surface area (Å²) in [5, 5.41) is 2.90. The fourth-order valence-corrected chi connectivity index (χ4v) is 3.31. The predicted octanol–water partition coefficient (Wildman–Crippen LogP) is 0.753. The van der Waals surface area contributed by atoms with E-state index in [1.165, 1.54) is 10.4 Å². The first-order chi connectivity index (χ1) is 8.55. The lowest BCUT2D eigenvalue weighted by Crippen LogP contribution is -2.40. The van der Waals surface area contributed by atoms with Crippen LogP contribution in [0.25, 0.3) is 0 Å². The van der Waals surface area contributed by atoms with E-state index in [0.29, 0.717) is 32.0 Å². The number of benzene rings is 1. The molecule has 1 heterocycles. The van der Waals surface area contributed by atoms with Gasteiger partial charge in [0.1, 0.15) is 0 Å². The quantitative estimate of drug-likeness (QED) is 0.805. The van der Waals surface area contributed by atoms with E-state index in [2.05, 4.69) is 5.32 Å². The van der Waals surface area contributed by atoms with Crippen LogP contribution in [0.15, 0.2) is 23.1 Å². The van der Waals surface area contributed by atoms with Gasteiger partial charge < -0.3 is 15.8 Å². The van der Waals surface area contributed by atoms with Gasteiger partial charge in [-0.1, -0.05) is 0 Å². The van der Waals surface area contributed by atoms with Crippen LogP contribution in [0.2, 0.25) is 0 Å². The summed E-state index contributed by atoms with van der Waals surface area (Å²) >= 11 is 0. The predicted molar refractivity (Wildman–Crippen MR) is 77.2 cm³/mol. The minimum absolute atomic E-state index is 0. The second-order valence-electron chi connectivity index (χ2n) is 4.02. The Morgan fingerprint density at radius 2 is 1.95 bits per heavy atom. The van der Waals surface area contributed by atoms with Crippen molar-refractivity contribution in [3.63, 3.8) is 0 Å². The molecule has 0 atom stereocenters. The van der Waals surface area contributed by atoms with Crippen LogP contribution in [0.1, 0.15) is 0 Å². The van der Waals surface area contributed by atoms with Gasteiger partial charge in [-0.05, 0) is 18.2 Å². The highest BCUT2D eigenvalue weighted by Crippen LogP contribution is 2.24. The van der Waals surface area contributed by atoms with E-state index in [1.54, 1.807) is 19.2 Å². The fourth-order valence-electron chi connectivity index (χ4n) is 1.86. The average Bonchev–Trinajstić information content (AvgIpc) is 2.39. The summed E-state index contributed by atoms with van der Waals surface area (Å²) in [4.78, 5) is 0.223. The van der Waals surface area contributed by atoms with Gasteiger partial charge in [0.05, 0.1) is 29.5 Å². The van der Waals surface area contributed by atoms with Crippen molar-refractivity contribution in [2.75, 3.05) is 44.4 Å². The SMILES string of the molecule is CNc1ccc(S(=O)(=O)N2CCOCC2)cc1N.Cl. The van der Waals surface area contributed by atoms with Crippen molar-refractivity contribution in [3.05, 3.63) is 18.2 Å². The first-order valence-corrected chi connectivity index (χ1v) is 7.15. The number of ether oxygens (including phenoxy) is 1. The molecule has 0 radical (unpaired) electrons. The first kappa shape index (κ1) is 16.0. The molecule has 1 aromatic rings. The van der Waals surface area contributed by atoms with Crippen LogP contribution in [0.5, 0.6) is 0 Å². The molecule has 1 aromatic carbocycles. The second kappa shape index (κ2) is 6.42. The van der Waals surface area contributed by atoms with Crippen molar-refractivity contribution in [2.45, 2.75) is 4.90 Å². The van der Waals surface area contributed by atoms with Gasteiger partial charge >= 0.3 is 0 Å². The topological polar surface area (TPSA) is 84.7 Å². The number of morpholine rings is 1. The van der Waals surface area contributed by atoms with E-state index in [9.17, 15) is 8.42 Å². The van der Waals surface area contributed by atoms with Gasteiger partial charge in [-0.25, -0.2) is 8.42 Å². The molecule has 3 N–H and O–H groups in total. The third kappa shape index (κ3) is 3.30. The summed E-state index contributed by atoms with van der Waals surface area (Å²) < 4.78 is 31.2. The van der Waals surface area contributed by atoms with Crippen LogP contribution < -0.4 is 11.1 Å². The molecular formula is C11H18ClN3O3S. The zero-order chi connectivity index (χ0) is 13.2. The molecule has 0 unspecified atom stereocenters. The Morgan fingerprint density at radius 3 is 2.47 bits per heavy atom. The number of sulfonamides is 1. The molecule has 0 bridgehead atoms. The van der Waals surface area contributed by atoms with Crippen molar-refractivity contribution < 1.29 is 13.2 Å². The molecule has 1 aliphatic rings. The molecule has 1 saturated heterocycles. The van der Waals surface area contributed by atoms with Crippen LogP contribution in [-0.4, -0.2) is 46.1 Å². The van der Waals surface area contributed by atoms with Crippen LogP contribution in [0.3, 0.4) is 0 Å². The van der Waals surface area contributed by atoms with Crippen molar-refractivity contribution in [1.29, 1.82) is 0 Å². The van der Waals surface area contributed by atoms with Crippen LogP contribution in [-0.2, 0) is 14.8 Å². The lowest BCUT2D eigenvalue weighted by Gasteiger charge is -2.26. The Hall–Kier alpha value is -1.02. The summed E-state index contributed by atoms with van der Waals surface area (Å²) in [6.07, 6.45) is 0. The summed E-state index contributed by atoms with van der Waals surface area (Å²) in [5.74, 6) is 0. The highest BCUT2D eigenvalue weighted by atomic mass is 35.5. The van der Waals surface area contributed by atoms with E-state index in [-0.39, 0.29) is 17.3 Å². The van der Waals surface area contributed by atoms with Crippen molar-refractivity contribution in [2.24, 2.45) is 0 Å². The Bertz CT molecular complexity index is 530. The molecule has 108 valence electrons. The van der Waals surface area contributed by atoms with Gasteiger partial charge in [-0.15, -0.1) is 12.4 Å². The van der Waals surface area contributed by atoms with Crippen molar-refractivity contribution in [3.8, 4) is 0 Å². The number of halogens is 1. The van der Waals surface area contributed by atoms with E-state index >= 15 is 0 Å². The standard InChI is InChI=1S/C11H17N3O3S.ClH/c1-13-11-3-2-9(8-10(11)12)18(15,16)14-4-6-17-7-5-14;/h2-3,8,13H,4-7,12H2,1H3;1H. The number of hydrogen-bond acceptors (Lipinski definition) is 5. The lowest BCUT2D eigenvalue weighted by molar-refractivity contribution is 0.0730. The smallest absolute Gasteiger partial charge is 0.243 e. The summed E-state index contributed by atoms with van der Waals surface area (Å²) in [5.41, 5.74) is 6.93. The zero-order valence-corrected chi connectivity index (χ0v) is 12.3. The first-order valence-electron chi connectivity index (χ1n) is 5.71. The Balaban J connectivity index is 0.00000180. The van der Waals surface area contributed by atoms with Gasteiger partial charge in [0.15, 0.2) is 0 Å². The number of hydrogen-bond donors (Lipinski definition) is 2. The largest absolute Gasteiger partial charge is 0.397 e. The molecule has 1 fully saturated rings. The maximum absolute atomic E-state index is 12.3. The molecule has 0 saturated carbocycles. The van der Waals surface area contributed by atoms with Gasteiger partial charge in [-0.2, -0.15) is 4.31 Å². The van der Waals surface area contributed by atoms with Gasteiger partial charge in [0, 0.05) is 20.1 Å². The Labute approximate surface area is 119 Å². The molecule has 8 heteroatoms. The summed E-state index contributed by atoms with van der Waals surface area (Å²) in [6, 6.07) is 4.71. The Morgan fingerprint density at radius 1 is 1.32 bits per heavy atom. The van der Waals surface area contributed by atoms with E-state index < -0.39 is 10.0 Å². The number of nitrogens with zero attached hydrogens (tertiary/aromatic N) is 1. The molecule has 2 rings (SSSR count). The molecule has 1 aliphatic heterocycles. The van der Waals surface area contributed by atoms with Gasteiger partial charge in [0.25, 0.3) is 0 Å². The molecule has 6 nitrogen and oxygen atoms in total. The summed E-state index contributed by atoms with van der Waals surface area (Å²) in [7, 11) is -1.73. The molecule has 0 aromatic heterocycles. The molecule has 19 heavy (non-hydrogen) atoms. The number of nitrogens with two attached hydrogens (primary N) is 1. The maximum atomic E-state index is 12.3. The van der Waals surface area contributed by atoms with Crippen LogP contribution in [0, 0.1) is 0 Å². The maximum Gasteiger partial charge on any atom is 0.243 e. The number of anilines is 2. The molecular weight excluding hydrogens is 290 g/mol. The molecule has 0 aliphatic carbocycles. The highest BCUT2D eigenvalue weighted by Gasteiger charge is 2.26. The highest BCUT2D eigenvalue weighted by molar-refractivity contribution is 7.89. The minimum Gasteiger partial charge on any atom is -0.397 e. The fraction of sp³-hybridized carbons (Fsp3) is 0.455. The monoisotopic (exact) mass is 307 g/mol. The lowest BCUT2D eigenvalue weighted by atomic mass is 10.3. The van der Waals surface area contributed by atoms with Crippen LogP contribution >= 0.6 is 12.4 Å². The molecule has 0 amide bonds.